The number of rotatable bonds is 4. The van der Waals surface area contributed by atoms with Gasteiger partial charge in [-0.3, -0.25) is 4.79 Å². The Kier molecular flexibility index (Phi) is 4.06. The van der Waals surface area contributed by atoms with E-state index in [0.29, 0.717) is 31.0 Å². The Morgan fingerprint density at radius 3 is 2.74 bits per heavy atom. The predicted molar refractivity (Wildman–Crippen MR) is 73.6 cm³/mol. The Hall–Kier alpha value is -1.20. The molecule has 104 valence electrons. The summed E-state index contributed by atoms with van der Waals surface area (Å²) in [5, 5.41) is 0. The van der Waals surface area contributed by atoms with Gasteiger partial charge in [0.05, 0.1) is 4.90 Å². The Morgan fingerprint density at radius 1 is 1.42 bits per heavy atom. The van der Waals surface area contributed by atoms with Crippen LogP contribution in [-0.2, 0) is 10.0 Å². The number of sulfonamides is 1. The first kappa shape index (κ1) is 14.2. The Labute approximate surface area is 114 Å². The van der Waals surface area contributed by atoms with Crippen molar-refractivity contribution in [3.8, 4) is 0 Å². The third-order valence-electron chi connectivity index (χ3n) is 3.50. The zero-order valence-corrected chi connectivity index (χ0v) is 12.1. The molecule has 0 aromatic heterocycles. The second kappa shape index (κ2) is 5.43. The number of carbonyl (C=O) groups is 1. The van der Waals surface area contributed by atoms with Crippen molar-refractivity contribution in [2.75, 3.05) is 13.1 Å². The van der Waals surface area contributed by atoms with Crippen LogP contribution in [0.4, 0.5) is 0 Å². The van der Waals surface area contributed by atoms with Crippen molar-refractivity contribution in [1.82, 2.24) is 4.31 Å². The Morgan fingerprint density at radius 2 is 2.16 bits per heavy atom. The molecule has 5 heteroatoms. The molecule has 1 heterocycles. The predicted octanol–water partition coefficient (Wildman–Crippen LogP) is 2.31. The molecular weight excluding hydrogens is 262 g/mol. The number of benzene rings is 1. The molecule has 0 spiro atoms. The summed E-state index contributed by atoms with van der Waals surface area (Å²) in [5.74, 6) is 0.363. The molecule has 19 heavy (non-hydrogen) atoms. The minimum Gasteiger partial charge on any atom is -0.294 e. The van der Waals surface area contributed by atoms with Crippen molar-refractivity contribution in [3.05, 3.63) is 29.8 Å². The van der Waals surface area contributed by atoms with Gasteiger partial charge < -0.3 is 0 Å². The molecule has 1 fully saturated rings. The summed E-state index contributed by atoms with van der Waals surface area (Å²) in [6.07, 6.45) is 1.27. The second-order valence-electron chi connectivity index (χ2n) is 5.06. The molecule has 0 aliphatic carbocycles. The lowest BCUT2D eigenvalue weighted by Gasteiger charge is -2.16. The van der Waals surface area contributed by atoms with Crippen LogP contribution in [0.5, 0.6) is 0 Å². The van der Waals surface area contributed by atoms with Crippen LogP contribution in [0.2, 0.25) is 0 Å². The number of ketones is 1. The summed E-state index contributed by atoms with van der Waals surface area (Å²) < 4.78 is 26.4. The van der Waals surface area contributed by atoms with Crippen LogP contribution in [-0.4, -0.2) is 31.6 Å². The van der Waals surface area contributed by atoms with Crippen LogP contribution in [0.25, 0.3) is 0 Å². The van der Waals surface area contributed by atoms with Gasteiger partial charge in [0, 0.05) is 25.1 Å². The van der Waals surface area contributed by atoms with Crippen molar-refractivity contribution >= 4 is 15.8 Å². The first-order chi connectivity index (χ1) is 8.95. The molecule has 1 atom stereocenters. The monoisotopic (exact) mass is 281 g/mol. The van der Waals surface area contributed by atoms with E-state index in [1.165, 1.54) is 10.4 Å². The fourth-order valence-electron chi connectivity index (χ4n) is 2.30. The molecule has 0 N–H and O–H groups in total. The van der Waals surface area contributed by atoms with Crippen LogP contribution in [0, 0.1) is 5.92 Å². The number of nitrogens with zero attached hydrogens (tertiary/aromatic N) is 1. The molecule has 2 rings (SSSR count). The van der Waals surface area contributed by atoms with Gasteiger partial charge in [-0.05, 0) is 24.5 Å². The first-order valence-corrected chi connectivity index (χ1v) is 8.02. The van der Waals surface area contributed by atoms with Gasteiger partial charge in [-0.2, -0.15) is 4.31 Å². The molecular formula is C14H19NO3S. The van der Waals surface area contributed by atoms with Crippen molar-refractivity contribution in [3.63, 3.8) is 0 Å². The zero-order chi connectivity index (χ0) is 14.0. The smallest absolute Gasteiger partial charge is 0.243 e. The van der Waals surface area contributed by atoms with Gasteiger partial charge in [-0.15, -0.1) is 0 Å². The summed E-state index contributed by atoms with van der Waals surface area (Å²) in [7, 11) is -3.45. The van der Waals surface area contributed by atoms with E-state index in [0.717, 1.165) is 6.42 Å². The number of hydrogen-bond acceptors (Lipinski definition) is 3. The number of carbonyl (C=O) groups excluding carboxylic acids is 1. The van der Waals surface area contributed by atoms with Gasteiger partial charge in [0.1, 0.15) is 0 Å². The van der Waals surface area contributed by atoms with Crippen LogP contribution in [0.1, 0.15) is 37.0 Å². The highest BCUT2D eigenvalue weighted by Gasteiger charge is 2.30. The highest BCUT2D eigenvalue weighted by Crippen LogP contribution is 2.24. The number of hydrogen-bond donors (Lipinski definition) is 0. The summed E-state index contributed by atoms with van der Waals surface area (Å²) >= 11 is 0. The van der Waals surface area contributed by atoms with Gasteiger partial charge in [-0.1, -0.05) is 26.0 Å². The molecule has 0 radical (unpaired) electrons. The molecule has 1 aliphatic heterocycles. The van der Waals surface area contributed by atoms with Crippen LogP contribution < -0.4 is 0 Å². The zero-order valence-electron chi connectivity index (χ0n) is 11.3. The van der Waals surface area contributed by atoms with Crippen molar-refractivity contribution in [2.45, 2.75) is 31.6 Å². The van der Waals surface area contributed by atoms with E-state index in [2.05, 4.69) is 0 Å². The van der Waals surface area contributed by atoms with Crippen molar-refractivity contribution in [2.24, 2.45) is 5.92 Å². The minimum absolute atomic E-state index is 0.0353. The topological polar surface area (TPSA) is 54.5 Å². The van der Waals surface area contributed by atoms with Crippen molar-refractivity contribution in [1.29, 1.82) is 0 Å². The van der Waals surface area contributed by atoms with E-state index in [4.69, 9.17) is 0 Å². The molecule has 0 bridgehead atoms. The third kappa shape index (κ3) is 2.87. The average Bonchev–Trinajstić information content (AvgIpc) is 2.85. The fourth-order valence-corrected chi connectivity index (χ4v) is 3.92. The largest absolute Gasteiger partial charge is 0.294 e. The average molecular weight is 281 g/mol. The fraction of sp³-hybridized carbons (Fsp3) is 0.500. The van der Waals surface area contributed by atoms with Gasteiger partial charge in [0.2, 0.25) is 10.0 Å². The highest BCUT2D eigenvalue weighted by molar-refractivity contribution is 7.89. The molecule has 4 nitrogen and oxygen atoms in total. The van der Waals surface area contributed by atoms with E-state index in [-0.39, 0.29) is 10.7 Å². The minimum atomic E-state index is -3.45. The van der Waals surface area contributed by atoms with Crippen LogP contribution >= 0.6 is 0 Å². The van der Waals surface area contributed by atoms with Gasteiger partial charge in [0.25, 0.3) is 0 Å². The standard InChI is InChI=1S/C14H19NO3S/c1-3-14(16)12-5-4-6-13(9-12)19(17,18)15-8-7-11(2)10-15/h4-6,9,11H,3,7-8,10H2,1-2H3. The molecule has 1 unspecified atom stereocenters. The van der Waals surface area contributed by atoms with E-state index >= 15 is 0 Å². The number of Topliss-reactive ketones (excluding diaryl/α,β-unsaturated/α-hetero) is 1. The van der Waals surface area contributed by atoms with E-state index < -0.39 is 10.0 Å². The third-order valence-corrected chi connectivity index (χ3v) is 5.36. The van der Waals surface area contributed by atoms with Gasteiger partial charge >= 0.3 is 0 Å². The summed E-state index contributed by atoms with van der Waals surface area (Å²) in [6, 6.07) is 6.35. The Balaban J connectivity index is 2.33. The van der Waals surface area contributed by atoms with E-state index in [1.54, 1.807) is 25.1 Å². The maximum atomic E-state index is 12.5. The lowest BCUT2D eigenvalue weighted by Crippen LogP contribution is -2.28. The molecule has 0 saturated carbocycles. The maximum absolute atomic E-state index is 12.5. The van der Waals surface area contributed by atoms with E-state index in [1.807, 2.05) is 6.92 Å². The quantitative estimate of drug-likeness (QED) is 0.796. The second-order valence-corrected chi connectivity index (χ2v) is 7.00. The first-order valence-electron chi connectivity index (χ1n) is 6.58. The molecule has 1 aromatic rings. The molecule has 0 amide bonds. The van der Waals surface area contributed by atoms with Gasteiger partial charge in [-0.25, -0.2) is 8.42 Å². The van der Waals surface area contributed by atoms with Crippen LogP contribution in [0.3, 0.4) is 0 Å². The molecule has 1 saturated heterocycles. The summed E-state index contributed by atoms with van der Waals surface area (Å²) in [5.41, 5.74) is 0.468. The normalized spacial score (nSPS) is 20.6. The van der Waals surface area contributed by atoms with Crippen LogP contribution in [0.15, 0.2) is 29.2 Å². The maximum Gasteiger partial charge on any atom is 0.243 e. The van der Waals surface area contributed by atoms with Gasteiger partial charge in [0.15, 0.2) is 5.78 Å². The lowest BCUT2D eigenvalue weighted by molar-refractivity contribution is 0.0988. The molecule has 1 aromatic carbocycles. The van der Waals surface area contributed by atoms with Crippen molar-refractivity contribution < 1.29 is 13.2 Å². The summed E-state index contributed by atoms with van der Waals surface area (Å²) in [6.45, 7) is 4.95. The van der Waals surface area contributed by atoms with E-state index in [9.17, 15) is 13.2 Å². The summed E-state index contributed by atoms with van der Waals surface area (Å²) in [4.78, 5) is 11.9. The lowest BCUT2D eigenvalue weighted by atomic mass is 10.1. The highest BCUT2D eigenvalue weighted by atomic mass is 32.2. The Bertz CT molecular complexity index is 580. The molecule has 1 aliphatic rings. The SMILES string of the molecule is CCC(=O)c1cccc(S(=O)(=O)N2CCC(C)C2)c1.